The van der Waals surface area contributed by atoms with Gasteiger partial charge in [-0.15, -0.1) is 0 Å². The molecule has 17 heavy (non-hydrogen) atoms. The van der Waals surface area contributed by atoms with E-state index >= 15 is 0 Å². The first-order valence-electron chi connectivity index (χ1n) is 5.27. The van der Waals surface area contributed by atoms with Crippen molar-refractivity contribution >= 4 is 18.3 Å². The molecule has 0 radical (unpaired) electrons. The van der Waals surface area contributed by atoms with Crippen molar-refractivity contribution in [2.45, 2.75) is 20.3 Å². The van der Waals surface area contributed by atoms with Gasteiger partial charge in [-0.05, 0) is 12.3 Å². The Kier molecular flexibility index (Phi) is 6.88. The van der Waals surface area contributed by atoms with Crippen LogP contribution in [0.2, 0.25) is 0 Å². The van der Waals surface area contributed by atoms with Gasteiger partial charge in [0.1, 0.15) is 6.54 Å². The summed E-state index contributed by atoms with van der Waals surface area (Å²) in [4.78, 5) is 32.2. The Morgan fingerprint density at radius 1 is 1.41 bits per heavy atom. The Labute approximate surface area is 99.4 Å². The van der Waals surface area contributed by atoms with Crippen molar-refractivity contribution in [1.82, 2.24) is 10.4 Å². The molecule has 7 heteroatoms. The van der Waals surface area contributed by atoms with Crippen LogP contribution < -0.4 is 5.32 Å². The Hall–Kier alpha value is -1.63. The molecule has 1 atom stereocenters. The van der Waals surface area contributed by atoms with Crippen molar-refractivity contribution in [3.63, 3.8) is 0 Å². The maximum Gasteiger partial charge on any atom is 0.322 e. The predicted molar refractivity (Wildman–Crippen MR) is 58.1 cm³/mol. The molecule has 0 fully saturated rings. The van der Waals surface area contributed by atoms with Crippen LogP contribution in [0.15, 0.2) is 0 Å². The van der Waals surface area contributed by atoms with Gasteiger partial charge in [-0.25, -0.2) is 5.06 Å². The Morgan fingerprint density at radius 3 is 2.41 bits per heavy atom. The maximum absolute atomic E-state index is 11.6. The predicted octanol–water partition coefficient (Wildman–Crippen LogP) is -0.303. The number of carbonyl (C=O) groups excluding carboxylic acids is 2. The molecule has 0 heterocycles. The first-order valence-corrected chi connectivity index (χ1v) is 5.27. The van der Waals surface area contributed by atoms with E-state index < -0.39 is 24.3 Å². The summed E-state index contributed by atoms with van der Waals surface area (Å²) in [7, 11) is 0. The molecule has 0 rings (SSSR count). The van der Waals surface area contributed by atoms with Crippen LogP contribution in [0.25, 0.3) is 0 Å². The molecule has 0 bridgehead atoms. The first-order chi connectivity index (χ1) is 7.86. The van der Waals surface area contributed by atoms with Gasteiger partial charge in [-0.3, -0.25) is 19.6 Å². The smallest absolute Gasteiger partial charge is 0.322 e. The molecule has 0 aromatic rings. The molecule has 0 aromatic heterocycles. The number of nitrogens with zero attached hydrogens (tertiary/aromatic N) is 1. The lowest BCUT2D eigenvalue weighted by Gasteiger charge is -2.20. The number of carboxylic acids is 1. The lowest BCUT2D eigenvalue weighted by atomic mass is 9.96. The topological polar surface area (TPSA) is 107 Å². The number of hydrogen-bond donors (Lipinski definition) is 3. The summed E-state index contributed by atoms with van der Waals surface area (Å²) in [6, 6.07) is 0. The monoisotopic (exact) mass is 246 g/mol. The molecule has 0 saturated heterocycles. The van der Waals surface area contributed by atoms with E-state index in [2.05, 4.69) is 5.32 Å². The van der Waals surface area contributed by atoms with Crippen LogP contribution in [0.3, 0.4) is 0 Å². The number of hydrogen-bond acceptors (Lipinski definition) is 4. The Balaban J connectivity index is 4.38. The SMILES string of the molecule is CC(C)CC(CN(O)C=O)C(=O)NCC(=O)O. The van der Waals surface area contributed by atoms with Gasteiger partial charge in [-0.2, -0.15) is 0 Å². The summed E-state index contributed by atoms with van der Waals surface area (Å²) in [6.45, 7) is 3.16. The lowest BCUT2D eigenvalue weighted by Crippen LogP contribution is -2.40. The molecule has 98 valence electrons. The number of rotatable bonds is 8. The average Bonchev–Trinajstić information content (AvgIpc) is 2.23. The minimum absolute atomic E-state index is 0.146. The number of carboxylic acid groups (broad SMARTS) is 1. The highest BCUT2D eigenvalue weighted by atomic mass is 16.5. The van der Waals surface area contributed by atoms with E-state index in [1.165, 1.54) is 0 Å². The highest BCUT2D eigenvalue weighted by molar-refractivity contribution is 5.83. The second-order valence-corrected chi connectivity index (χ2v) is 4.17. The number of aliphatic carboxylic acids is 1. The van der Waals surface area contributed by atoms with Gasteiger partial charge in [0, 0.05) is 0 Å². The summed E-state index contributed by atoms with van der Waals surface area (Å²) in [6.07, 6.45) is 0.661. The normalized spacial score (nSPS) is 12.0. The molecule has 1 unspecified atom stereocenters. The van der Waals surface area contributed by atoms with Crippen LogP contribution in [0.5, 0.6) is 0 Å². The highest BCUT2D eigenvalue weighted by Gasteiger charge is 2.22. The fourth-order valence-corrected chi connectivity index (χ4v) is 1.41. The summed E-state index contributed by atoms with van der Waals surface area (Å²) in [5.41, 5.74) is 0. The zero-order valence-electron chi connectivity index (χ0n) is 9.92. The van der Waals surface area contributed by atoms with E-state index in [4.69, 9.17) is 10.3 Å². The van der Waals surface area contributed by atoms with E-state index in [1.807, 2.05) is 13.8 Å². The van der Waals surface area contributed by atoms with Gasteiger partial charge in [0.05, 0.1) is 12.5 Å². The molecule has 0 aliphatic rings. The van der Waals surface area contributed by atoms with Gasteiger partial charge >= 0.3 is 5.97 Å². The number of nitrogens with one attached hydrogen (secondary N) is 1. The maximum atomic E-state index is 11.6. The molecule has 0 saturated carbocycles. The molecule has 2 amide bonds. The standard InChI is InChI=1S/C10H18N2O5/c1-7(2)3-8(5-12(17)6-13)10(16)11-4-9(14)15/h6-8,17H,3-5H2,1-2H3,(H,11,16)(H,14,15). The number of amides is 2. The van der Waals surface area contributed by atoms with Crippen LogP contribution in [0.4, 0.5) is 0 Å². The van der Waals surface area contributed by atoms with Gasteiger partial charge in [0.15, 0.2) is 0 Å². The van der Waals surface area contributed by atoms with Crippen LogP contribution in [0.1, 0.15) is 20.3 Å². The fraction of sp³-hybridized carbons (Fsp3) is 0.700. The third kappa shape index (κ3) is 7.29. The van der Waals surface area contributed by atoms with Gasteiger partial charge in [0.25, 0.3) is 0 Å². The molecule has 0 aromatic carbocycles. The summed E-state index contributed by atoms with van der Waals surface area (Å²) >= 11 is 0. The van der Waals surface area contributed by atoms with Gasteiger partial charge in [0.2, 0.25) is 12.3 Å². The van der Waals surface area contributed by atoms with Crippen molar-refractivity contribution in [1.29, 1.82) is 0 Å². The number of hydroxylamine groups is 2. The Morgan fingerprint density at radius 2 is 2.00 bits per heavy atom. The highest BCUT2D eigenvalue weighted by Crippen LogP contribution is 2.12. The van der Waals surface area contributed by atoms with Crippen molar-refractivity contribution < 1.29 is 24.7 Å². The lowest BCUT2D eigenvalue weighted by molar-refractivity contribution is -0.155. The zero-order chi connectivity index (χ0) is 13.4. The van der Waals surface area contributed by atoms with E-state index in [0.29, 0.717) is 11.5 Å². The van der Waals surface area contributed by atoms with Crippen molar-refractivity contribution in [2.75, 3.05) is 13.1 Å². The average molecular weight is 246 g/mol. The second-order valence-electron chi connectivity index (χ2n) is 4.17. The van der Waals surface area contributed by atoms with Crippen molar-refractivity contribution in [3.8, 4) is 0 Å². The summed E-state index contributed by atoms with van der Waals surface area (Å²) in [5.74, 6) is -2.06. The molecule has 0 aliphatic carbocycles. The minimum atomic E-state index is -1.14. The summed E-state index contributed by atoms with van der Waals surface area (Å²) in [5, 5.41) is 20.1. The first kappa shape index (κ1) is 15.4. The van der Waals surface area contributed by atoms with Gasteiger partial charge in [-0.1, -0.05) is 13.8 Å². The van der Waals surface area contributed by atoms with E-state index in [0.717, 1.165) is 0 Å². The van der Waals surface area contributed by atoms with E-state index in [9.17, 15) is 14.4 Å². The van der Waals surface area contributed by atoms with Crippen LogP contribution in [0, 0.1) is 11.8 Å². The zero-order valence-corrected chi connectivity index (χ0v) is 9.92. The quantitative estimate of drug-likeness (QED) is 0.309. The molecule has 3 N–H and O–H groups in total. The largest absolute Gasteiger partial charge is 0.480 e. The Bertz CT molecular complexity index is 280. The van der Waals surface area contributed by atoms with Crippen LogP contribution >= 0.6 is 0 Å². The van der Waals surface area contributed by atoms with Crippen LogP contribution in [-0.4, -0.2) is 46.8 Å². The molecular weight excluding hydrogens is 228 g/mol. The fourth-order valence-electron chi connectivity index (χ4n) is 1.41. The van der Waals surface area contributed by atoms with Crippen molar-refractivity contribution in [3.05, 3.63) is 0 Å². The van der Waals surface area contributed by atoms with Crippen molar-refractivity contribution in [2.24, 2.45) is 11.8 Å². The van der Waals surface area contributed by atoms with E-state index in [1.54, 1.807) is 0 Å². The van der Waals surface area contributed by atoms with E-state index in [-0.39, 0.29) is 18.9 Å². The molecular formula is C10H18N2O5. The molecule has 0 aliphatic heterocycles. The molecule has 0 spiro atoms. The van der Waals surface area contributed by atoms with Crippen LogP contribution in [-0.2, 0) is 14.4 Å². The molecule has 7 nitrogen and oxygen atoms in total. The van der Waals surface area contributed by atoms with Gasteiger partial charge < -0.3 is 10.4 Å². The minimum Gasteiger partial charge on any atom is -0.480 e. The second kappa shape index (κ2) is 7.61. The third-order valence-electron chi connectivity index (χ3n) is 2.07. The summed E-state index contributed by atoms with van der Waals surface area (Å²) < 4.78 is 0. The number of carbonyl (C=O) groups is 3. The third-order valence-corrected chi connectivity index (χ3v) is 2.07.